The molecule has 2 aliphatic heterocycles. The lowest BCUT2D eigenvalue weighted by atomic mass is 9.84. The van der Waals surface area contributed by atoms with Gasteiger partial charge >= 0.3 is 0 Å². The van der Waals surface area contributed by atoms with E-state index in [2.05, 4.69) is 10.6 Å². The van der Waals surface area contributed by atoms with E-state index in [-0.39, 0.29) is 30.1 Å². The highest BCUT2D eigenvalue weighted by Crippen LogP contribution is 2.31. The van der Waals surface area contributed by atoms with Gasteiger partial charge in [0.15, 0.2) is 0 Å². The van der Waals surface area contributed by atoms with E-state index in [1.807, 2.05) is 0 Å². The lowest BCUT2D eigenvalue weighted by molar-refractivity contribution is -0.123. The van der Waals surface area contributed by atoms with Crippen molar-refractivity contribution in [2.24, 2.45) is 0 Å². The van der Waals surface area contributed by atoms with Crippen LogP contribution in [0.5, 0.6) is 5.75 Å². The van der Waals surface area contributed by atoms with Crippen molar-refractivity contribution in [3.8, 4) is 5.75 Å². The van der Waals surface area contributed by atoms with Gasteiger partial charge < -0.3 is 20.1 Å². The van der Waals surface area contributed by atoms with Crippen molar-refractivity contribution < 1.29 is 23.5 Å². The van der Waals surface area contributed by atoms with E-state index in [0.29, 0.717) is 50.2 Å². The second-order valence-corrected chi connectivity index (χ2v) is 7.09. The highest BCUT2D eigenvalue weighted by atomic mass is 19.1. The average molecular weight is 364 g/mol. The Balaban J connectivity index is 1.64. The zero-order valence-electron chi connectivity index (χ0n) is 15.0. The highest BCUT2D eigenvalue weighted by Gasteiger charge is 2.38. The molecule has 2 heterocycles. The molecule has 0 aliphatic carbocycles. The molecule has 1 aromatic carbocycles. The molecule has 2 fully saturated rings. The summed E-state index contributed by atoms with van der Waals surface area (Å²) in [6.07, 6.45) is 2.93. The van der Waals surface area contributed by atoms with Crippen LogP contribution in [-0.4, -0.2) is 43.7 Å². The number of hydrogen-bond acceptors (Lipinski definition) is 4. The van der Waals surface area contributed by atoms with Gasteiger partial charge in [-0.15, -0.1) is 0 Å². The smallest absolute Gasteiger partial charge is 0.220 e. The molecule has 1 aromatic rings. The molecular weight excluding hydrogens is 339 g/mol. The molecular formula is C19H25FN2O4. The quantitative estimate of drug-likeness (QED) is 0.772. The number of halogens is 1. The second-order valence-electron chi connectivity index (χ2n) is 7.09. The Labute approximate surface area is 152 Å². The molecule has 0 unspecified atom stereocenters. The van der Waals surface area contributed by atoms with Gasteiger partial charge in [-0.25, -0.2) is 4.39 Å². The van der Waals surface area contributed by atoms with E-state index < -0.39 is 5.54 Å². The van der Waals surface area contributed by atoms with Crippen LogP contribution in [0.4, 0.5) is 4.39 Å². The fraction of sp³-hybridized carbons (Fsp3) is 0.579. The monoisotopic (exact) mass is 364 g/mol. The van der Waals surface area contributed by atoms with Crippen LogP contribution in [0.3, 0.4) is 0 Å². The number of amides is 2. The molecule has 7 heteroatoms. The van der Waals surface area contributed by atoms with Crippen molar-refractivity contribution in [1.82, 2.24) is 10.6 Å². The zero-order chi connectivity index (χ0) is 18.6. The molecule has 142 valence electrons. The summed E-state index contributed by atoms with van der Waals surface area (Å²) in [4.78, 5) is 24.0. The lowest BCUT2D eigenvalue weighted by Gasteiger charge is -2.29. The van der Waals surface area contributed by atoms with E-state index in [9.17, 15) is 14.0 Å². The van der Waals surface area contributed by atoms with E-state index in [4.69, 9.17) is 9.47 Å². The maximum absolute atomic E-state index is 14.3. The normalized spacial score (nSPS) is 25.2. The number of nitrogens with one attached hydrogen (secondary N) is 2. The Morgan fingerprint density at radius 2 is 2.35 bits per heavy atom. The SMILES string of the molecule is COc1ccc(C[C@]2(CCC(=O)N[C@@H]3CCOC3)CCC(=O)N2)c(F)c1. The van der Waals surface area contributed by atoms with Crippen LogP contribution in [0.15, 0.2) is 18.2 Å². The minimum atomic E-state index is -0.587. The fourth-order valence-corrected chi connectivity index (χ4v) is 3.65. The van der Waals surface area contributed by atoms with Gasteiger partial charge in [-0.3, -0.25) is 9.59 Å². The summed E-state index contributed by atoms with van der Waals surface area (Å²) in [6, 6.07) is 4.79. The number of rotatable bonds is 7. The van der Waals surface area contributed by atoms with Gasteiger partial charge in [0.25, 0.3) is 0 Å². The van der Waals surface area contributed by atoms with E-state index in [1.54, 1.807) is 12.1 Å². The Kier molecular flexibility index (Phi) is 5.76. The predicted octanol–water partition coefficient (Wildman–Crippen LogP) is 1.71. The predicted molar refractivity (Wildman–Crippen MR) is 93.4 cm³/mol. The topological polar surface area (TPSA) is 76.7 Å². The van der Waals surface area contributed by atoms with Crippen LogP contribution in [-0.2, 0) is 20.7 Å². The first kappa shape index (κ1) is 18.6. The summed E-state index contributed by atoms with van der Waals surface area (Å²) >= 11 is 0. The number of benzene rings is 1. The first-order valence-electron chi connectivity index (χ1n) is 9.00. The number of carbonyl (C=O) groups is 2. The molecule has 2 N–H and O–H groups in total. The van der Waals surface area contributed by atoms with Gasteiger partial charge in [0.2, 0.25) is 11.8 Å². The van der Waals surface area contributed by atoms with Crippen molar-refractivity contribution in [1.29, 1.82) is 0 Å². The molecule has 0 saturated carbocycles. The largest absolute Gasteiger partial charge is 0.497 e. The zero-order valence-corrected chi connectivity index (χ0v) is 15.0. The van der Waals surface area contributed by atoms with Crippen LogP contribution in [0.25, 0.3) is 0 Å². The average Bonchev–Trinajstić information content (AvgIpc) is 3.25. The standard InChI is InChI=1S/C19H25FN2O4/c1-25-15-3-2-13(16(20)10-15)11-19(8-5-18(24)22-19)7-4-17(23)21-14-6-9-26-12-14/h2-3,10,14H,4-9,11-12H2,1H3,(H,21,23)(H,22,24)/t14-,19+/m1/s1. The Morgan fingerprint density at radius 3 is 2.96 bits per heavy atom. The Hall–Kier alpha value is -2.15. The fourth-order valence-electron chi connectivity index (χ4n) is 3.65. The maximum Gasteiger partial charge on any atom is 0.220 e. The van der Waals surface area contributed by atoms with Crippen molar-refractivity contribution in [3.05, 3.63) is 29.6 Å². The minimum absolute atomic E-state index is 0.0523. The summed E-state index contributed by atoms with van der Waals surface area (Å²) in [7, 11) is 1.49. The molecule has 2 aliphatic rings. The first-order chi connectivity index (χ1) is 12.5. The molecule has 2 amide bonds. The summed E-state index contributed by atoms with van der Waals surface area (Å²) in [5.74, 6) is -0.0221. The summed E-state index contributed by atoms with van der Waals surface area (Å²) in [5, 5.41) is 5.93. The Bertz CT molecular complexity index is 676. The van der Waals surface area contributed by atoms with Crippen LogP contribution >= 0.6 is 0 Å². The summed E-state index contributed by atoms with van der Waals surface area (Å²) in [6.45, 7) is 1.21. The van der Waals surface area contributed by atoms with Gasteiger partial charge in [0.1, 0.15) is 11.6 Å². The molecule has 2 saturated heterocycles. The minimum Gasteiger partial charge on any atom is -0.497 e. The lowest BCUT2D eigenvalue weighted by Crippen LogP contribution is -2.45. The molecule has 26 heavy (non-hydrogen) atoms. The van der Waals surface area contributed by atoms with E-state index in [1.165, 1.54) is 13.2 Å². The van der Waals surface area contributed by atoms with Gasteiger partial charge in [0.05, 0.1) is 19.8 Å². The number of carbonyl (C=O) groups excluding carboxylic acids is 2. The van der Waals surface area contributed by atoms with Crippen molar-refractivity contribution in [2.45, 2.75) is 50.1 Å². The highest BCUT2D eigenvalue weighted by molar-refractivity contribution is 5.80. The first-order valence-corrected chi connectivity index (χ1v) is 9.00. The van der Waals surface area contributed by atoms with Gasteiger partial charge in [-0.05, 0) is 37.3 Å². The molecule has 0 spiro atoms. The van der Waals surface area contributed by atoms with Crippen LogP contribution < -0.4 is 15.4 Å². The van der Waals surface area contributed by atoms with Gasteiger partial charge in [-0.1, -0.05) is 6.07 Å². The van der Waals surface area contributed by atoms with Crippen LogP contribution in [0.1, 0.15) is 37.7 Å². The molecule has 0 bridgehead atoms. The summed E-state index contributed by atoms with van der Waals surface area (Å²) < 4.78 is 24.6. The van der Waals surface area contributed by atoms with Gasteiger partial charge in [-0.2, -0.15) is 0 Å². The molecule has 2 atom stereocenters. The summed E-state index contributed by atoms with van der Waals surface area (Å²) in [5.41, 5.74) is -0.0756. The van der Waals surface area contributed by atoms with Crippen LogP contribution in [0, 0.1) is 5.82 Å². The van der Waals surface area contributed by atoms with Crippen molar-refractivity contribution in [3.63, 3.8) is 0 Å². The second kappa shape index (κ2) is 8.03. The van der Waals surface area contributed by atoms with Crippen LogP contribution in [0.2, 0.25) is 0 Å². The number of hydrogen-bond donors (Lipinski definition) is 2. The molecule has 6 nitrogen and oxygen atoms in total. The Morgan fingerprint density at radius 1 is 1.50 bits per heavy atom. The number of methoxy groups -OCH3 is 1. The van der Waals surface area contributed by atoms with E-state index >= 15 is 0 Å². The maximum atomic E-state index is 14.3. The third-order valence-electron chi connectivity index (χ3n) is 5.15. The van der Waals surface area contributed by atoms with E-state index in [0.717, 1.165) is 6.42 Å². The van der Waals surface area contributed by atoms with Gasteiger partial charge in [0, 0.05) is 31.1 Å². The molecule has 0 aromatic heterocycles. The molecule has 0 radical (unpaired) electrons. The van der Waals surface area contributed by atoms with Crippen molar-refractivity contribution in [2.75, 3.05) is 20.3 Å². The van der Waals surface area contributed by atoms with Crippen molar-refractivity contribution >= 4 is 11.8 Å². The third kappa shape index (κ3) is 4.52. The number of ether oxygens (including phenoxy) is 2. The third-order valence-corrected chi connectivity index (χ3v) is 5.15. The molecule has 3 rings (SSSR count).